The minimum atomic E-state index is -4.69. The molecule has 0 radical (unpaired) electrons. The Morgan fingerprint density at radius 3 is 2.48 bits per heavy atom. The molecule has 8 nitrogen and oxygen atoms in total. The van der Waals surface area contributed by atoms with Crippen LogP contribution in [-0.2, 0) is 6.18 Å². The zero-order valence-corrected chi connectivity index (χ0v) is 17.0. The molecule has 0 aliphatic rings. The van der Waals surface area contributed by atoms with Crippen LogP contribution in [0.15, 0.2) is 71.4 Å². The summed E-state index contributed by atoms with van der Waals surface area (Å²) in [5, 5.41) is 9.86. The molecule has 168 valence electrons. The fraction of sp³-hybridized carbons (Fsp3) is 0.0909. The van der Waals surface area contributed by atoms with Crippen LogP contribution in [0.5, 0.6) is 17.2 Å². The number of hydrogen-bond donors (Lipinski definition) is 1. The summed E-state index contributed by atoms with van der Waals surface area (Å²) in [6.45, 7) is 0. The molecule has 0 aliphatic heterocycles. The van der Waals surface area contributed by atoms with Crippen LogP contribution in [0.3, 0.4) is 0 Å². The van der Waals surface area contributed by atoms with Gasteiger partial charge in [0.1, 0.15) is 17.2 Å². The first-order valence-electron chi connectivity index (χ1n) is 9.42. The third-order valence-electron chi connectivity index (χ3n) is 4.38. The molecule has 0 atom stereocenters. The van der Waals surface area contributed by atoms with Gasteiger partial charge >= 0.3 is 12.2 Å². The number of alkyl halides is 3. The summed E-state index contributed by atoms with van der Waals surface area (Å²) in [6, 6.07) is 12.9. The second-order valence-electron chi connectivity index (χ2n) is 6.59. The summed E-state index contributed by atoms with van der Waals surface area (Å²) in [5.41, 5.74) is -0.775. The van der Waals surface area contributed by atoms with Gasteiger partial charge in [0.15, 0.2) is 0 Å². The zero-order valence-electron chi connectivity index (χ0n) is 17.0. The van der Waals surface area contributed by atoms with E-state index in [-0.39, 0.29) is 17.5 Å². The maximum Gasteiger partial charge on any atom is 0.419 e. The Morgan fingerprint density at radius 1 is 1.03 bits per heavy atom. The number of methoxy groups -OCH3 is 1. The highest BCUT2D eigenvalue weighted by Gasteiger charge is 2.35. The SMILES string of the molecule is COc1ccc(C(=O)Nc2nnc(-c3ccc(Oc4cccnc4)cc3)o2)cc1C(F)(F)F. The van der Waals surface area contributed by atoms with Gasteiger partial charge in [-0.15, -0.1) is 5.10 Å². The molecule has 1 amide bonds. The number of nitrogens with one attached hydrogen (secondary N) is 1. The number of hydrogen-bond acceptors (Lipinski definition) is 7. The smallest absolute Gasteiger partial charge is 0.419 e. The molecule has 11 heteroatoms. The quantitative estimate of drug-likeness (QED) is 0.426. The first-order chi connectivity index (χ1) is 15.8. The fourth-order valence-corrected chi connectivity index (χ4v) is 2.84. The van der Waals surface area contributed by atoms with Gasteiger partial charge in [-0.3, -0.25) is 15.1 Å². The Hall–Kier alpha value is -4.41. The van der Waals surface area contributed by atoms with Crippen LogP contribution < -0.4 is 14.8 Å². The molecule has 0 spiro atoms. The summed E-state index contributed by atoms with van der Waals surface area (Å²) in [4.78, 5) is 16.4. The fourth-order valence-electron chi connectivity index (χ4n) is 2.84. The van der Waals surface area contributed by atoms with E-state index in [9.17, 15) is 18.0 Å². The topological polar surface area (TPSA) is 99.4 Å². The van der Waals surface area contributed by atoms with Crippen molar-refractivity contribution in [1.82, 2.24) is 15.2 Å². The molecule has 0 bridgehead atoms. The van der Waals surface area contributed by atoms with Gasteiger partial charge in [-0.05, 0) is 54.6 Å². The molecule has 2 aromatic carbocycles. The average Bonchev–Trinajstić information content (AvgIpc) is 3.27. The first kappa shape index (κ1) is 21.8. The maximum atomic E-state index is 13.2. The van der Waals surface area contributed by atoms with E-state index in [1.54, 1.807) is 48.8 Å². The molecule has 4 aromatic rings. The van der Waals surface area contributed by atoms with Crippen LogP contribution in [0.4, 0.5) is 19.2 Å². The van der Waals surface area contributed by atoms with Gasteiger partial charge in [0, 0.05) is 17.3 Å². The number of pyridine rings is 1. The van der Waals surface area contributed by atoms with Crippen molar-refractivity contribution in [1.29, 1.82) is 0 Å². The molecule has 0 saturated heterocycles. The van der Waals surface area contributed by atoms with Gasteiger partial charge in [0.25, 0.3) is 5.91 Å². The van der Waals surface area contributed by atoms with E-state index in [0.717, 1.165) is 13.2 Å². The largest absolute Gasteiger partial charge is 0.496 e. The highest BCUT2D eigenvalue weighted by Crippen LogP contribution is 2.36. The Labute approximate surface area is 185 Å². The van der Waals surface area contributed by atoms with Crippen molar-refractivity contribution in [3.8, 4) is 28.7 Å². The Balaban J connectivity index is 1.46. The molecule has 33 heavy (non-hydrogen) atoms. The Kier molecular flexibility index (Phi) is 5.94. The van der Waals surface area contributed by atoms with Gasteiger partial charge in [0.05, 0.1) is 18.9 Å². The highest BCUT2D eigenvalue weighted by molar-refractivity contribution is 6.03. The third-order valence-corrected chi connectivity index (χ3v) is 4.38. The number of nitrogens with zero attached hydrogens (tertiary/aromatic N) is 3. The van der Waals surface area contributed by atoms with E-state index in [0.29, 0.717) is 23.1 Å². The molecule has 0 saturated carbocycles. The number of carbonyl (C=O) groups excluding carboxylic acids is 1. The van der Waals surface area contributed by atoms with Crippen molar-refractivity contribution in [3.05, 3.63) is 78.1 Å². The molecular weight excluding hydrogens is 441 g/mol. The lowest BCUT2D eigenvalue weighted by Crippen LogP contribution is -2.15. The number of amides is 1. The predicted octanol–water partition coefficient (Wildman–Crippen LogP) is 5.20. The summed E-state index contributed by atoms with van der Waals surface area (Å²) < 4.78 is 55.3. The molecule has 2 aromatic heterocycles. The van der Waals surface area contributed by atoms with E-state index in [1.807, 2.05) is 0 Å². The lowest BCUT2D eigenvalue weighted by Gasteiger charge is -2.12. The molecule has 0 aliphatic carbocycles. The lowest BCUT2D eigenvalue weighted by molar-refractivity contribution is -0.138. The monoisotopic (exact) mass is 456 g/mol. The van der Waals surface area contributed by atoms with Crippen molar-refractivity contribution < 1.29 is 31.9 Å². The van der Waals surface area contributed by atoms with E-state index in [1.165, 1.54) is 6.07 Å². The minimum Gasteiger partial charge on any atom is -0.496 e. The summed E-state index contributed by atoms with van der Waals surface area (Å²) in [7, 11) is 1.11. The van der Waals surface area contributed by atoms with Crippen molar-refractivity contribution in [2.75, 3.05) is 12.4 Å². The van der Waals surface area contributed by atoms with Gasteiger partial charge in [0.2, 0.25) is 5.89 Å². The van der Waals surface area contributed by atoms with Crippen molar-refractivity contribution in [2.24, 2.45) is 0 Å². The average molecular weight is 456 g/mol. The number of halogens is 3. The van der Waals surface area contributed by atoms with E-state index < -0.39 is 23.4 Å². The number of rotatable bonds is 6. The molecule has 2 heterocycles. The molecular formula is C22H15F3N4O4. The maximum absolute atomic E-state index is 13.2. The van der Waals surface area contributed by atoms with Crippen LogP contribution in [0.25, 0.3) is 11.5 Å². The number of benzene rings is 2. The van der Waals surface area contributed by atoms with Crippen molar-refractivity contribution in [3.63, 3.8) is 0 Å². The van der Waals surface area contributed by atoms with Gasteiger partial charge in [-0.1, -0.05) is 5.10 Å². The second-order valence-corrected chi connectivity index (χ2v) is 6.59. The van der Waals surface area contributed by atoms with Crippen LogP contribution >= 0.6 is 0 Å². The van der Waals surface area contributed by atoms with Gasteiger partial charge in [-0.2, -0.15) is 13.2 Å². The van der Waals surface area contributed by atoms with Crippen molar-refractivity contribution in [2.45, 2.75) is 6.18 Å². The molecule has 4 rings (SSSR count). The molecule has 1 N–H and O–H groups in total. The third kappa shape index (κ3) is 5.09. The summed E-state index contributed by atoms with van der Waals surface area (Å²) in [6.07, 6.45) is -1.49. The van der Waals surface area contributed by atoms with Crippen LogP contribution in [0.2, 0.25) is 0 Å². The predicted molar refractivity (Wildman–Crippen MR) is 110 cm³/mol. The van der Waals surface area contributed by atoms with Crippen LogP contribution in [0.1, 0.15) is 15.9 Å². The summed E-state index contributed by atoms with van der Waals surface area (Å²) >= 11 is 0. The highest BCUT2D eigenvalue weighted by atomic mass is 19.4. The normalized spacial score (nSPS) is 11.2. The Bertz CT molecular complexity index is 1260. The van der Waals surface area contributed by atoms with Crippen LogP contribution in [-0.4, -0.2) is 28.2 Å². The zero-order chi connectivity index (χ0) is 23.4. The summed E-state index contributed by atoms with van der Waals surface area (Å²) in [5.74, 6) is -0.0161. The van der Waals surface area contributed by atoms with Crippen LogP contribution in [0, 0.1) is 0 Å². The minimum absolute atomic E-state index is 0.101. The van der Waals surface area contributed by atoms with E-state index >= 15 is 0 Å². The van der Waals surface area contributed by atoms with Crippen molar-refractivity contribution >= 4 is 11.9 Å². The first-order valence-corrected chi connectivity index (χ1v) is 9.42. The van der Waals surface area contributed by atoms with E-state index in [4.69, 9.17) is 13.9 Å². The molecule has 0 unspecified atom stereocenters. The Morgan fingerprint density at radius 2 is 1.82 bits per heavy atom. The number of anilines is 1. The van der Waals surface area contributed by atoms with Gasteiger partial charge < -0.3 is 13.9 Å². The second kappa shape index (κ2) is 8.99. The lowest BCUT2D eigenvalue weighted by atomic mass is 10.1. The van der Waals surface area contributed by atoms with E-state index in [2.05, 4.69) is 20.5 Å². The number of aromatic nitrogens is 3. The molecule has 0 fully saturated rings. The number of ether oxygens (including phenoxy) is 2. The van der Waals surface area contributed by atoms with Gasteiger partial charge in [-0.25, -0.2) is 0 Å². The number of carbonyl (C=O) groups is 1. The standard InChI is InChI=1S/C22H15F3N4O4/c1-31-18-9-6-14(11-17(18)22(23,24)25)19(30)27-21-29-28-20(33-21)13-4-7-15(8-5-13)32-16-3-2-10-26-12-16/h2-12H,1H3,(H,27,29,30).